The number of carbonyl (C=O) groups excluding carboxylic acids is 3. The third-order valence-corrected chi connectivity index (χ3v) is 4.70. The lowest BCUT2D eigenvalue weighted by molar-refractivity contribution is -0.128. The van der Waals surface area contributed by atoms with Crippen LogP contribution in [0.5, 0.6) is 0 Å². The Morgan fingerprint density at radius 1 is 1.15 bits per heavy atom. The lowest BCUT2D eigenvalue weighted by Gasteiger charge is -2.15. The Bertz CT molecular complexity index is 851. The molecule has 1 aliphatic heterocycles. The molecule has 0 atom stereocenters. The van der Waals surface area contributed by atoms with Crippen molar-refractivity contribution in [1.29, 1.82) is 0 Å². The number of ether oxygens (including phenoxy) is 1. The maximum absolute atomic E-state index is 12.2. The Kier molecular flexibility index (Phi) is 6.24. The van der Waals surface area contributed by atoms with Crippen LogP contribution in [0.15, 0.2) is 53.0 Å². The summed E-state index contributed by atoms with van der Waals surface area (Å²) in [7, 11) is 0. The van der Waals surface area contributed by atoms with Crippen LogP contribution < -0.4 is 5.32 Å². The summed E-state index contributed by atoms with van der Waals surface area (Å²) in [5.41, 5.74) is 1.84. The van der Waals surface area contributed by atoms with Gasteiger partial charge >= 0.3 is 5.97 Å². The molecule has 0 spiro atoms. The van der Waals surface area contributed by atoms with Crippen LogP contribution >= 0.6 is 15.9 Å². The van der Waals surface area contributed by atoms with Gasteiger partial charge in [-0.2, -0.15) is 0 Å². The SMILES string of the molecule is O=C(COC(=O)c1cccc(CN2CCCC2=O)c1)Nc1ccc(Br)cc1. The van der Waals surface area contributed by atoms with Gasteiger partial charge in [-0.25, -0.2) is 4.79 Å². The van der Waals surface area contributed by atoms with E-state index < -0.39 is 11.9 Å². The summed E-state index contributed by atoms with van der Waals surface area (Å²) >= 11 is 3.32. The Labute approximate surface area is 165 Å². The minimum Gasteiger partial charge on any atom is -0.452 e. The summed E-state index contributed by atoms with van der Waals surface area (Å²) in [5.74, 6) is -0.854. The van der Waals surface area contributed by atoms with E-state index in [1.807, 2.05) is 6.07 Å². The zero-order valence-corrected chi connectivity index (χ0v) is 16.2. The Morgan fingerprint density at radius 2 is 1.93 bits per heavy atom. The predicted molar refractivity (Wildman–Crippen MR) is 104 cm³/mol. The second-order valence-electron chi connectivity index (χ2n) is 6.25. The van der Waals surface area contributed by atoms with Gasteiger partial charge in [0.25, 0.3) is 5.91 Å². The van der Waals surface area contributed by atoms with Gasteiger partial charge in [-0.15, -0.1) is 0 Å². The Hall–Kier alpha value is -2.67. The molecule has 3 rings (SSSR count). The number of benzene rings is 2. The molecule has 1 fully saturated rings. The lowest BCUT2D eigenvalue weighted by atomic mass is 10.1. The number of anilines is 1. The fourth-order valence-corrected chi connectivity index (χ4v) is 3.10. The zero-order chi connectivity index (χ0) is 19.2. The number of esters is 1. The van der Waals surface area contributed by atoms with E-state index in [9.17, 15) is 14.4 Å². The van der Waals surface area contributed by atoms with Crippen molar-refractivity contribution in [2.75, 3.05) is 18.5 Å². The molecule has 1 saturated heterocycles. The van der Waals surface area contributed by atoms with Crippen molar-refractivity contribution in [2.24, 2.45) is 0 Å². The first-order valence-corrected chi connectivity index (χ1v) is 9.40. The smallest absolute Gasteiger partial charge is 0.338 e. The number of amides is 2. The summed E-state index contributed by atoms with van der Waals surface area (Å²) in [6, 6.07) is 14.0. The van der Waals surface area contributed by atoms with Crippen molar-refractivity contribution >= 4 is 39.4 Å². The van der Waals surface area contributed by atoms with Crippen LogP contribution in [-0.2, 0) is 20.9 Å². The molecule has 2 aromatic rings. The van der Waals surface area contributed by atoms with E-state index in [-0.39, 0.29) is 12.5 Å². The average Bonchev–Trinajstić information content (AvgIpc) is 3.06. The minimum absolute atomic E-state index is 0.132. The maximum atomic E-state index is 12.2. The van der Waals surface area contributed by atoms with Gasteiger partial charge in [0.1, 0.15) is 0 Å². The quantitative estimate of drug-likeness (QED) is 0.712. The number of hydrogen-bond acceptors (Lipinski definition) is 4. The van der Waals surface area contributed by atoms with E-state index in [1.165, 1.54) is 0 Å². The third-order valence-electron chi connectivity index (χ3n) is 4.17. The molecular weight excluding hydrogens is 412 g/mol. The molecule has 0 unspecified atom stereocenters. The number of likely N-dealkylation sites (tertiary alicyclic amines) is 1. The van der Waals surface area contributed by atoms with Gasteiger partial charge in [0.15, 0.2) is 6.61 Å². The van der Waals surface area contributed by atoms with E-state index in [0.29, 0.717) is 24.2 Å². The summed E-state index contributed by atoms with van der Waals surface area (Å²) in [6.07, 6.45) is 1.45. The molecule has 0 saturated carbocycles. The van der Waals surface area contributed by atoms with E-state index >= 15 is 0 Å². The van der Waals surface area contributed by atoms with Gasteiger partial charge in [0.05, 0.1) is 5.56 Å². The number of carbonyl (C=O) groups is 3. The highest BCUT2D eigenvalue weighted by Gasteiger charge is 2.20. The van der Waals surface area contributed by atoms with E-state index in [2.05, 4.69) is 21.2 Å². The number of hydrogen-bond donors (Lipinski definition) is 1. The molecule has 1 N–H and O–H groups in total. The van der Waals surface area contributed by atoms with Crippen molar-refractivity contribution in [1.82, 2.24) is 4.90 Å². The minimum atomic E-state index is -0.574. The normalized spacial score (nSPS) is 13.5. The lowest BCUT2D eigenvalue weighted by Crippen LogP contribution is -2.24. The van der Waals surface area contributed by atoms with Gasteiger partial charge in [-0.3, -0.25) is 9.59 Å². The topological polar surface area (TPSA) is 75.7 Å². The molecule has 0 radical (unpaired) electrons. The summed E-state index contributed by atoms with van der Waals surface area (Å²) < 4.78 is 6.00. The van der Waals surface area contributed by atoms with Crippen molar-refractivity contribution in [2.45, 2.75) is 19.4 Å². The number of rotatable bonds is 6. The monoisotopic (exact) mass is 430 g/mol. The van der Waals surface area contributed by atoms with Gasteiger partial charge < -0.3 is 15.0 Å². The van der Waals surface area contributed by atoms with Gasteiger partial charge in [0.2, 0.25) is 5.91 Å². The number of halogens is 1. The van der Waals surface area contributed by atoms with Crippen LogP contribution in [-0.4, -0.2) is 35.8 Å². The predicted octanol–water partition coefficient (Wildman–Crippen LogP) is 3.37. The van der Waals surface area contributed by atoms with Crippen LogP contribution in [0.1, 0.15) is 28.8 Å². The maximum Gasteiger partial charge on any atom is 0.338 e. The second-order valence-corrected chi connectivity index (χ2v) is 7.17. The Morgan fingerprint density at radius 3 is 2.63 bits per heavy atom. The van der Waals surface area contributed by atoms with Crippen molar-refractivity contribution in [3.05, 3.63) is 64.1 Å². The van der Waals surface area contributed by atoms with Crippen LogP contribution in [0, 0.1) is 0 Å². The molecule has 1 heterocycles. The first kappa shape index (κ1) is 19.1. The highest BCUT2D eigenvalue weighted by Crippen LogP contribution is 2.16. The van der Waals surface area contributed by atoms with Crippen LogP contribution in [0.25, 0.3) is 0 Å². The molecule has 1 aliphatic rings. The first-order chi connectivity index (χ1) is 13.0. The van der Waals surface area contributed by atoms with E-state index in [1.54, 1.807) is 47.4 Å². The molecule has 0 bridgehead atoms. The Balaban J connectivity index is 1.53. The average molecular weight is 431 g/mol. The van der Waals surface area contributed by atoms with Gasteiger partial charge in [0, 0.05) is 29.7 Å². The molecule has 6 nitrogen and oxygen atoms in total. The highest BCUT2D eigenvalue weighted by molar-refractivity contribution is 9.10. The molecule has 7 heteroatoms. The van der Waals surface area contributed by atoms with Crippen LogP contribution in [0.4, 0.5) is 5.69 Å². The molecule has 27 heavy (non-hydrogen) atoms. The fourth-order valence-electron chi connectivity index (χ4n) is 2.83. The van der Waals surface area contributed by atoms with Gasteiger partial charge in [-0.1, -0.05) is 28.1 Å². The third kappa shape index (κ3) is 5.40. The largest absolute Gasteiger partial charge is 0.452 e. The van der Waals surface area contributed by atoms with E-state index in [0.717, 1.165) is 23.0 Å². The van der Waals surface area contributed by atoms with Crippen LogP contribution in [0.3, 0.4) is 0 Å². The summed E-state index contributed by atoms with van der Waals surface area (Å²) in [5, 5.41) is 2.66. The molecular formula is C20H19BrN2O4. The zero-order valence-electron chi connectivity index (χ0n) is 14.6. The van der Waals surface area contributed by atoms with Crippen molar-refractivity contribution in [3.63, 3.8) is 0 Å². The van der Waals surface area contributed by atoms with E-state index in [4.69, 9.17) is 4.74 Å². The highest BCUT2D eigenvalue weighted by atomic mass is 79.9. The fraction of sp³-hybridized carbons (Fsp3) is 0.250. The molecule has 0 aromatic heterocycles. The molecule has 140 valence electrons. The van der Waals surface area contributed by atoms with Crippen molar-refractivity contribution in [3.8, 4) is 0 Å². The summed E-state index contributed by atoms with van der Waals surface area (Å²) in [6.45, 7) is 0.845. The second kappa shape index (κ2) is 8.81. The first-order valence-electron chi connectivity index (χ1n) is 8.60. The summed E-state index contributed by atoms with van der Waals surface area (Å²) in [4.78, 5) is 37.6. The molecule has 2 aromatic carbocycles. The van der Waals surface area contributed by atoms with Crippen LogP contribution in [0.2, 0.25) is 0 Å². The molecule has 2 amide bonds. The number of nitrogens with one attached hydrogen (secondary N) is 1. The van der Waals surface area contributed by atoms with Crippen molar-refractivity contribution < 1.29 is 19.1 Å². The number of nitrogens with zero attached hydrogens (tertiary/aromatic N) is 1. The standard InChI is InChI=1S/C20H19BrN2O4/c21-16-6-8-17(9-7-16)22-18(24)13-27-20(26)15-4-1-3-14(11-15)12-23-10-2-5-19(23)25/h1,3-4,6-9,11H,2,5,10,12-13H2,(H,22,24). The molecule has 0 aliphatic carbocycles. The van der Waals surface area contributed by atoms with Gasteiger partial charge in [-0.05, 0) is 48.4 Å².